The second-order valence-corrected chi connectivity index (χ2v) is 8.89. The van der Waals surface area contributed by atoms with E-state index in [9.17, 15) is 18.1 Å². The Balaban J connectivity index is 0.00000182. The first-order chi connectivity index (χ1) is 11.3. The maximum atomic E-state index is 10.8. The monoisotopic (exact) mass is 374 g/mol. The predicted octanol–water partition coefficient (Wildman–Crippen LogP) is -0.253. The number of fused-ring (bicyclic) bond motifs is 5. The SMILES string of the molecule is C[C@]12CC[C@@H]3c4ccc(OS(=O)(=O)[O-])cc4CC[C@H]3[C@@H]1CCC2O.[Na+]. The van der Waals surface area contributed by atoms with E-state index in [1.807, 2.05) is 6.07 Å². The van der Waals surface area contributed by atoms with Crippen molar-refractivity contribution in [1.29, 1.82) is 0 Å². The van der Waals surface area contributed by atoms with Crippen LogP contribution in [0.3, 0.4) is 0 Å². The summed E-state index contributed by atoms with van der Waals surface area (Å²) < 4.78 is 36.8. The summed E-state index contributed by atoms with van der Waals surface area (Å²) in [5.74, 6) is 1.73. The summed E-state index contributed by atoms with van der Waals surface area (Å²) in [5, 5.41) is 10.4. The Morgan fingerprint density at radius 3 is 2.72 bits per heavy atom. The average Bonchev–Trinajstić information content (AvgIpc) is 2.81. The Hall–Kier alpha value is -0.110. The van der Waals surface area contributed by atoms with Crippen LogP contribution in [0.25, 0.3) is 0 Å². The van der Waals surface area contributed by atoms with Crippen molar-refractivity contribution in [1.82, 2.24) is 0 Å². The third kappa shape index (κ3) is 3.42. The van der Waals surface area contributed by atoms with E-state index >= 15 is 0 Å². The molecule has 2 fully saturated rings. The van der Waals surface area contributed by atoms with E-state index in [-0.39, 0.29) is 46.8 Å². The molecule has 5 atom stereocenters. The van der Waals surface area contributed by atoms with Gasteiger partial charge >= 0.3 is 29.6 Å². The van der Waals surface area contributed by atoms with Gasteiger partial charge in [-0.2, -0.15) is 0 Å². The van der Waals surface area contributed by atoms with Crippen molar-refractivity contribution in [3.63, 3.8) is 0 Å². The number of aliphatic hydroxyl groups excluding tert-OH is 1. The molecule has 0 radical (unpaired) electrons. The Labute approximate surface area is 171 Å². The van der Waals surface area contributed by atoms with Crippen LogP contribution in [0.1, 0.15) is 56.1 Å². The van der Waals surface area contributed by atoms with E-state index in [2.05, 4.69) is 11.1 Å². The molecule has 0 saturated heterocycles. The molecule has 25 heavy (non-hydrogen) atoms. The topological polar surface area (TPSA) is 86.7 Å². The Morgan fingerprint density at radius 2 is 2.00 bits per heavy atom. The molecular formula is C18H23NaO5S. The van der Waals surface area contributed by atoms with Crippen LogP contribution in [-0.2, 0) is 16.8 Å². The van der Waals surface area contributed by atoms with Gasteiger partial charge < -0.3 is 13.8 Å². The molecule has 0 spiro atoms. The molecule has 0 bridgehead atoms. The fourth-order valence-corrected chi connectivity index (χ4v) is 6.04. The molecule has 3 aliphatic rings. The molecule has 3 aliphatic carbocycles. The van der Waals surface area contributed by atoms with Crippen LogP contribution in [0.5, 0.6) is 5.75 Å². The van der Waals surface area contributed by atoms with E-state index in [0.29, 0.717) is 17.8 Å². The zero-order valence-electron chi connectivity index (χ0n) is 14.8. The fraction of sp³-hybridized carbons (Fsp3) is 0.667. The minimum atomic E-state index is -4.73. The maximum absolute atomic E-state index is 10.8. The van der Waals surface area contributed by atoms with Crippen LogP contribution in [0.2, 0.25) is 0 Å². The van der Waals surface area contributed by atoms with Crippen LogP contribution in [0, 0.1) is 17.3 Å². The quantitative estimate of drug-likeness (QED) is 0.438. The van der Waals surface area contributed by atoms with E-state index in [1.54, 1.807) is 12.1 Å². The third-order valence-electron chi connectivity index (χ3n) is 6.85. The van der Waals surface area contributed by atoms with Crippen LogP contribution >= 0.6 is 0 Å². The number of hydrogen-bond acceptors (Lipinski definition) is 5. The first-order valence-corrected chi connectivity index (χ1v) is 10.1. The van der Waals surface area contributed by atoms with E-state index in [1.165, 1.54) is 5.56 Å². The largest absolute Gasteiger partial charge is 1.00 e. The molecule has 2 saturated carbocycles. The molecule has 1 aromatic carbocycles. The molecule has 0 heterocycles. The van der Waals surface area contributed by atoms with Gasteiger partial charge in [-0.3, -0.25) is 0 Å². The molecule has 5 nitrogen and oxygen atoms in total. The van der Waals surface area contributed by atoms with Crippen molar-refractivity contribution in [2.24, 2.45) is 17.3 Å². The molecule has 132 valence electrons. The first kappa shape index (κ1) is 19.6. The molecule has 0 aromatic heterocycles. The number of aliphatic hydroxyl groups is 1. The van der Waals surface area contributed by atoms with Crippen molar-refractivity contribution < 1.29 is 51.8 Å². The van der Waals surface area contributed by atoms with Gasteiger partial charge in [0.1, 0.15) is 5.75 Å². The summed E-state index contributed by atoms with van der Waals surface area (Å²) in [6.07, 6.45) is 5.85. The Morgan fingerprint density at radius 1 is 1.24 bits per heavy atom. The Kier molecular flexibility index (Phi) is 5.35. The maximum Gasteiger partial charge on any atom is 1.00 e. The molecule has 0 aliphatic heterocycles. The van der Waals surface area contributed by atoms with Gasteiger partial charge in [-0.1, -0.05) is 13.0 Å². The standard InChI is InChI=1S/C18H24O5S.Na/c1-18-9-8-14-13-5-3-12(23-24(20,21)22)10-11(13)2-4-15(14)16(18)6-7-17(18)19;/h3,5,10,14-17,19H,2,4,6-9H2,1H3,(H,20,21,22);/q;+1/p-1/t14-,15-,16+,17?,18+;/m1./s1. The molecule has 4 rings (SSSR count). The van der Waals surface area contributed by atoms with Crippen molar-refractivity contribution in [2.45, 2.75) is 57.5 Å². The van der Waals surface area contributed by atoms with E-state index in [0.717, 1.165) is 44.1 Å². The fourth-order valence-electron chi connectivity index (χ4n) is 5.70. The van der Waals surface area contributed by atoms with E-state index in [4.69, 9.17) is 0 Å². The minimum absolute atomic E-state index is 0. The molecule has 1 unspecified atom stereocenters. The molecule has 1 aromatic rings. The van der Waals surface area contributed by atoms with Gasteiger partial charge in [0.2, 0.25) is 0 Å². The van der Waals surface area contributed by atoms with Gasteiger partial charge in [0.05, 0.1) is 6.10 Å². The summed E-state index contributed by atoms with van der Waals surface area (Å²) >= 11 is 0. The molecule has 7 heteroatoms. The number of aryl methyl sites for hydroxylation is 1. The minimum Gasteiger partial charge on any atom is -0.716 e. The van der Waals surface area contributed by atoms with Crippen molar-refractivity contribution in [3.8, 4) is 5.75 Å². The zero-order chi connectivity index (χ0) is 17.1. The number of rotatable bonds is 2. The van der Waals surface area contributed by atoms with Crippen molar-refractivity contribution in [3.05, 3.63) is 29.3 Å². The number of benzene rings is 1. The molecule has 0 amide bonds. The molecule has 1 N–H and O–H groups in total. The smallest absolute Gasteiger partial charge is 0.716 e. The second-order valence-electron chi connectivity index (χ2n) is 7.91. The normalized spacial score (nSPS) is 36.6. The third-order valence-corrected chi connectivity index (χ3v) is 7.24. The van der Waals surface area contributed by atoms with Gasteiger partial charge in [0, 0.05) is 0 Å². The summed E-state index contributed by atoms with van der Waals surface area (Å²) in [7, 11) is -4.73. The van der Waals surface area contributed by atoms with Crippen molar-refractivity contribution in [2.75, 3.05) is 0 Å². The second kappa shape index (κ2) is 6.80. The zero-order valence-corrected chi connectivity index (χ0v) is 17.6. The van der Waals surface area contributed by atoms with Crippen LogP contribution in [0.15, 0.2) is 18.2 Å². The summed E-state index contributed by atoms with van der Waals surface area (Å²) in [4.78, 5) is 0. The average molecular weight is 374 g/mol. The van der Waals surface area contributed by atoms with Crippen molar-refractivity contribution >= 4 is 10.4 Å². The van der Waals surface area contributed by atoms with Gasteiger partial charge in [-0.25, -0.2) is 8.42 Å². The van der Waals surface area contributed by atoms with E-state index < -0.39 is 10.4 Å². The summed E-state index contributed by atoms with van der Waals surface area (Å²) in [5.41, 5.74) is 2.42. The summed E-state index contributed by atoms with van der Waals surface area (Å²) in [6.45, 7) is 2.25. The van der Waals surface area contributed by atoms with Gasteiger partial charge in [0.25, 0.3) is 10.4 Å². The van der Waals surface area contributed by atoms with Gasteiger partial charge in [-0.15, -0.1) is 0 Å². The van der Waals surface area contributed by atoms with Crippen LogP contribution in [-0.4, -0.2) is 24.2 Å². The first-order valence-electron chi connectivity index (χ1n) is 8.74. The number of hydrogen-bond donors (Lipinski definition) is 1. The summed E-state index contributed by atoms with van der Waals surface area (Å²) in [6, 6.07) is 5.23. The van der Waals surface area contributed by atoms with Crippen LogP contribution in [0.4, 0.5) is 0 Å². The Bertz CT molecular complexity index is 765. The molecular weight excluding hydrogens is 351 g/mol. The van der Waals surface area contributed by atoms with Gasteiger partial charge in [-0.05, 0) is 85.0 Å². The van der Waals surface area contributed by atoms with Crippen LogP contribution < -0.4 is 33.7 Å². The van der Waals surface area contributed by atoms with Gasteiger partial charge in [0.15, 0.2) is 0 Å². The predicted molar refractivity (Wildman–Crippen MR) is 87.4 cm³/mol.